The summed E-state index contributed by atoms with van der Waals surface area (Å²) in [4.78, 5) is 0. The summed E-state index contributed by atoms with van der Waals surface area (Å²) in [6.07, 6.45) is -2.06. The normalized spacial score (nSPS) is 47.4. The Kier molecular flexibility index (Phi) is 1.93. The Morgan fingerprint density at radius 2 is 2.00 bits per heavy atom. The lowest BCUT2D eigenvalue weighted by atomic mass is 10.1. The van der Waals surface area contributed by atoms with Crippen molar-refractivity contribution in [2.45, 2.75) is 30.6 Å². The van der Waals surface area contributed by atoms with Gasteiger partial charge >= 0.3 is 5.97 Å². The molecule has 90 valence electrons. The molecule has 1 N–H and O–H groups in total. The molecule has 4 fully saturated rings. The van der Waals surface area contributed by atoms with Gasteiger partial charge in [0, 0.05) is 5.56 Å². The maximum absolute atomic E-state index is 9.94. The quantitative estimate of drug-likeness (QED) is 0.761. The van der Waals surface area contributed by atoms with Crippen LogP contribution in [-0.2, 0) is 24.9 Å². The van der Waals surface area contributed by atoms with Gasteiger partial charge in [0.15, 0.2) is 6.29 Å². The SMILES string of the molecule is O[C@H]1[C@@H]2OC3(c4ccccc4)OC[C@H]1O[C@H]2O3. The summed E-state index contributed by atoms with van der Waals surface area (Å²) in [5.74, 6) is -1.22. The minimum absolute atomic E-state index is 0.267. The molecule has 5 nitrogen and oxygen atoms in total. The first-order valence-corrected chi connectivity index (χ1v) is 5.67. The summed E-state index contributed by atoms with van der Waals surface area (Å²) in [5, 5.41) is 9.94. The average Bonchev–Trinajstić information content (AvgIpc) is 2.70. The third kappa shape index (κ3) is 1.26. The number of ether oxygens (including phenoxy) is 4. The highest BCUT2D eigenvalue weighted by Gasteiger charge is 2.62. The second-order valence-electron chi connectivity index (χ2n) is 4.47. The number of benzene rings is 1. The molecule has 0 radical (unpaired) electrons. The molecule has 0 aliphatic carbocycles. The average molecular weight is 236 g/mol. The summed E-state index contributed by atoms with van der Waals surface area (Å²) in [6.45, 7) is 0.267. The van der Waals surface area contributed by atoms with E-state index in [9.17, 15) is 5.11 Å². The Morgan fingerprint density at radius 3 is 2.76 bits per heavy atom. The van der Waals surface area contributed by atoms with Crippen molar-refractivity contribution in [3.63, 3.8) is 0 Å². The van der Waals surface area contributed by atoms with Crippen LogP contribution in [0.5, 0.6) is 0 Å². The van der Waals surface area contributed by atoms with E-state index in [2.05, 4.69) is 0 Å². The number of aliphatic hydroxyl groups is 1. The van der Waals surface area contributed by atoms with Gasteiger partial charge in [-0.05, 0) is 0 Å². The second kappa shape index (κ2) is 3.28. The Hall–Kier alpha value is -0.980. The van der Waals surface area contributed by atoms with Gasteiger partial charge in [-0.2, -0.15) is 0 Å². The van der Waals surface area contributed by atoms with Crippen molar-refractivity contribution in [1.82, 2.24) is 0 Å². The zero-order valence-electron chi connectivity index (χ0n) is 8.98. The van der Waals surface area contributed by atoms with Crippen molar-refractivity contribution < 1.29 is 24.1 Å². The minimum Gasteiger partial charge on any atom is -0.387 e. The van der Waals surface area contributed by atoms with E-state index < -0.39 is 24.5 Å². The molecule has 0 aromatic heterocycles. The van der Waals surface area contributed by atoms with Crippen LogP contribution in [0.25, 0.3) is 0 Å². The number of hydrogen-bond donors (Lipinski definition) is 1. The molecule has 5 heteroatoms. The van der Waals surface area contributed by atoms with Crippen LogP contribution in [0.4, 0.5) is 0 Å². The monoisotopic (exact) mass is 236 g/mol. The van der Waals surface area contributed by atoms with Crippen LogP contribution >= 0.6 is 0 Å². The fourth-order valence-electron chi connectivity index (χ4n) is 2.54. The molecular formula is C12H12O5. The Labute approximate surface area is 97.9 Å². The highest BCUT2D eigenvalue weighted by molar-refractivity contribution is 5.20. The van der Waals surface area contributed by atoms with Gasteiger partial charge in [-0.15, -0.1) is 0 Å². The predicted molar refractivity (Wildman–Crippen MR) is 54.7 cm³/mol. The molecule has 4 aliphatic heterocycles. The van der Waals surface area contributed by atoms with Crippen molar-refractivity contribution in [1.29, 1.82) is 0 Å². The lowest BCUT2D eigenvalue weighted by Crippen LogP contribution is -2.32. The highest BCUT2D eigenvalue weighted by Crippen LogP contribution is 2.47. The Balaban J connectivity index is 1.77. The van der Waals surface area contributed by atoms with E-state index in [1.54, 1.807) is 0 Å². The molecule has 1 aromatic carbocycles. The fourth-order valence-corrected chi connectivity index (χ4v) is 2.54. The smallest absolute Gasteiger partial charge is 0.314 e. The molecule has 4 heterocycles. The van der Waals surface area contributed by atoms with Gasteiger partial charge in [0.2, 0.25) is 0 Å². The lowest BCUT2D eigenvalue weighted by molar-refractivity contribution is -0.349. The minimum atomic E-state index is -1.22. The molecule has 1 aromatic rings. The molecule has 17 heavy (non-hydrogen) atoms. The zero-order chi connectivity index (χ0) is 11.5. The Bertz CT molecular complexity index is 436. The van der Waals surface area contributed by atoms with Gasteiger partial charge in [-0.3, -0.25) is 4.74 Å². The van der Waals surface area contributed by atoms with Gasteiger partial charge in [0.25, 0.3) is 0 Å². The van der Waals surface area contributed by atoms with E-state index in [1.165, 1.54) is 0 Å². The van der Waals surface area contributed by atoms with E-state index >= 15 is 0 Å². The van der Waals surface area contributed by atoms with Crippen LogP contribution in [0.15, 0.2) is 30.3 Å². The standard InChI is InChI=1S/C12H12O5/c13-9-8-6-14-12(7-4-2-1-3-5-7)16-10(9)11(15-8)17-12/h1-5,8-11,13H,6H2/t8-,9-,10+,11+,12?/m1/s1. The number of aliphatic hydroxyl groups excluding tert-OH is 1. The van der Waals surface area contributed by atoms with Gasteiger partial charge in [0.1, 0.15) is 18.3 Å². The molecule has 0 spiro atoms. The molecule has 4 bridgehead atoms. The number of hydrogen-bond acceptors (Lipinski definition) is 5. The van der Waals surface area contributed by atoms with Crippen LogP contribution in [0.1, 0.15) is 5.56 Å². The van der Waals surface area contributed by atoms with Crippen molar-refractivity contribution in [3.8, 4) is 0 Å². The van der Waals surface area contributed by atoms with Crippen molar-refractivity contribution in [2.24, 2.45) is 0 Å². The zero-order valence-corrected chi connectivity index (χ0v) is 8.98. The van der Waals surface area contributed by atoms with E-state index in [4.69, 9.17) is 18.9 Å². The summed E-state index contributed by atoms with van der Waals surface area (Å²) in [7, 11) is 0. The molecule has 0 amide bonds. The predicted octanol–water partition coefficient (Wildman–Crippen LogP) is 0.328. The van der Waals surface area contributed by atoms with Crippen LogP contribution in [0.3, 0.4) is 0 Å². The lowest BCUT2D eigenvalue weighted by Gasteiger charge is -2.25. The summed E-state index contributed by atoms with van der Waals surface area (Å²) < 4.78 is 22.6. The highest BCUT2D eigenvalue weighted by atomic mass is 17.0. The van der Waals surface area contributed by atoms with Gasteiger partial charge in [-0.25, -0.2) is 0 Å². The number of fused-ring (bicyclic) bond motifs is 1. The van der Waals surface area contributed by atoms with Crippen LogP contribution < -0.4 is 0 Å². The molecule has 1 unspecified atom stereocenters. The fraction of sp³-hybridized carbons (Fsp3) is 0.500. The largest absolute Gasteiger partial charge is 0.387 e. The van der Waals surface area contributed by atoms with Crippen molar-refractivity contribution in [2.75, 3.05) is 6.61 Å². The third-order valence-corrected chi connectivity index (χ3v) is 3.42. The van der Waals surface area contributed by atoms with Gasteiger partial charge < -0.3 is 19.3 Å². The van der Waals surface area contributed by atoms with E-state index in [0.29, 0.717) is 0 Å². The molecule has 4 saturated heterocycles. The first kappa shape index (κ1) is 9.99. The molecule has 0 saturated carbocycles. The van der Waals surface area contributed by atoms with Crippen LogP contribution in [-0.4, -0.2) is 36.3 Å². The Morgan fingerprint density at radius 1 is 1.18 bits per heavy atom. The summed E-state index contributed by atoms with van der Waals surface area (Å²) in [5.41, 5.74) is 0.783. The van der Waals surface area contributed by atoms with Crippen molar-refractivity contribution >= 4 is 0 Å². The van der Waals surface area contributed by atoms with E-state index in [-0.39, 0.29) is 12.7 Å². The molecular weight excluding hydrogens is 224 g/mol. The second-order valence-corrected chi connectivity index (χ2v) is 4.47. The summed E-state index contributed by atoms with van der Waals surface area (Å²) >= 11 is 0. The maximum Gasteiger partial charge on any atom is 0.314 e. The third-order valence-electron chi connectivity index (χ3n) is 3.42. The van der Waals surface area contributed by atoms with E-state index in [0.717, 1.165) is 5.56 Å². The van der Waals surface area contributed by atoms with Gasteiger partial charge in [-0.1, -0.05) is 30.3 Å². The first-order valence-electron chi connectivity index (χ1n) is 5.67. The molecule has 4 aliphatic rings. The molecule has 5 rings (SSSR count). The van der Waals surface area contributed by atoms with Crippen molar-refractivity contribution in [3.05, 3.63) is 35.9 Å². The summed E-state index contributed by atoms with van der Waals surface area (Å²) in [6, 6.07) is 9.43. The van der Waals surface area contributed by atoms with Gasteiger partial charge in [0.05, 0.1) is 6.61 Å². The first-order chi connectivity index (χ1) is 8.28. The molecule has 5 atom stereocenters. The maximum atomic E-state index is 9.94. The topological polar surface area (TPSA) is 57.2 Å². The van der Waals surface area contributed by atoms with E-state index in [1.807, 2.05) is 30.3 Å². The van der Waals surface area contributed by atoms with Crippen LogP contribution in [0.2, 0.25) is 0 Å². The number of rotatable bonds is 1. The van der Waals surface area contributed by atoms with Crippen LogP contribution in [0, 0.1) is 0 Å².